The summed E-state index contributed by atoms with van der Waals surface area (Å²) in [5.41, 5.74) is -0.522. The van der Waals surface area contributed by atoms with Gasteiger partial charge in [-0.3, -0.25) is 4.79 Å². The van der Waals surface area contributed by atoms with Gasteiger partial charge >= 0.3 is 12.0 Å². The van der Waals surface area contributed by atoms with E-state index in [1.54, 1.807) is 11.3 Å². The fourth-order valence-corrected chi connectivity index (χ4v) is 2.30. The average Bonchev–Trinajstić information content (AvgIpc) is 2.79. The second kappa shape index (κ2) is 7.13. The van der Waals surface area contributed by atoms with Crippen molar-refractivity contribution in [1.29, 1.82) is 0 Å². The lowest BCUT2D eigenvalue weighted by Gasteiger charge is -2.25. The van der Waals surface area contributed by atoms with E-state index in [-0.39, 0.29) is 12.5 Å². The Morgan fingerprint density at radius 3 is 2.74 bits per heavy atom. The second-order valence-electron chi connectivity index (χ2n) is 4.99. The number of carboxylic acid groups (broad SMARTS) is 1. The maximum Gasteiger partial charge on any atom is 0.315 e. The van der Waals surface area contributed by atoms with E-state index in [4.69, 9.17) is 5.11 Å². The van der Waals surface area contributed by atoms with Crippen LogP contribution in [0.3, 0.4) is 0 Å². The molecule has 0 saturated heterocycles. The highest BCUT2D eigenvalue weighted by Crippen LogP contribution is 2.11. The van der Waals surface area contributed by atoms with E-state index >= 15 is 0 Å². The lowest BCUT2D eigenvalue weighted by Crippen LogP contribution is -2.48. The molecule has 0 saturated carbocycles. The lowest BCUT2D eigenvalue weighted by molar-refractivity contribution is -0.137. The molecular formula is C13H20N2O3S. The van der Waals surface area contributed by atoms with E-state index in [9.17, 15) is 9.59 Å². The molecule has 0 bridgehead atoms. The van der Waals surface area contributed by atoms with Crippen molar-refractivity contribution in [2.24, 2.45) is 0 Å². The van der Waals surface area contributed by atoms with Crippen molar-refractivity contribution < 1.29 is 14.7 Å². The first-order valence-corrected chi connectivity index (χ1v) is 7.07. The Balaban J connectivity index is 2.24. The number of amides is 2. The van der Waals surface area contributed by atoms with Crippen LogP contribution in [0.1, 0.15) is 31.6 Å². The van der Waals surface area contributed by atoms with Crippen molar-refractivity contribution in [1.82, 2.24) is 10.6 Å². The molecular weight excluding hydrogens is 264 g/mol. The van der Waals surface area contributed by atoms with Gasteiger partial charge in [0.05, 0.1) is 0 Å². The summed E-state index contributed by atoms with van der Waals surface area (Å²) in [6, 6.07) is 3.75. The fourth-order valence-electron chi connectivity index (χ4n) is 1.59. The Bertz CT molecular complexity index is 416. The van der Waals surface area contributed by atoms with E-state index in [1.807, 2.05) is 31.4 Å². The van der Waals surface area contributed by atoms with E-state index in [0.29, 0.717) is 13.0 Å². The maximum atomic E-state index is 11.7. The van der Waals surface area contributed by atoms with Gasteiger partial charge in [0, 0.05) is 23.4 Å². The fraction of sp³-hybridized carbons (Fsp3) is 0.538. The van der Waals surface area contributed by atoms with Crippen LogP contribution in [0.15, 0.2) is 17.5 Å². The van der Waals surface area contributed by atoms with Crippen molar-refractivity contribution >= 4 is 23.3 Å². The highest BCUT2D eigenvalue weighted by Gasteiger charge is 2.21. The van der Waals surface area contributed by atoms with Gasteiger partial charge < -0.3 is 15.7 Å². The molecule has 1 aromatic heterocycles. The standard InChI is InChI=1S/C13H20N2O3S/c1-13(2,7-5-11(16)17)15-12(18)14-8-6-10-4-3-9-19-10/h3-4,9H,5-8H2,1-2H3,(H,16,17)(H2,14,15,18). The minimum Gasteiger partial charge on any atom is -0.481 e. The van der Waals surface area contributed by atoms with Crippen LogP contribution in [0.25, 0.3) is 0 Å². The molecule has 1 aromatic rings. The number of hydrogen-bond acceptors (Lipinski definition) is 3. The van der Waals surface area contributed by atoms with Gasteiger partial charge in [0.15, 0.2) is 0 Å². The molecule has 0 aliphatic carbocycles. The van der Waals surface area contributed by atoms with Gasteiger partial charge in [-0.05, 0) is 38.1 Å². The lowest BCUT2D eigenvalue weighted by atomic mass is 9.99. The van der Waals surface area contributed by atoms with Gasteiger partial charge in [0.2, 0.25) is 0 Å². The molecule has 0 unspecified atom stereocenters. The zero-order valence-corrected chi connectivity index (χ0v) is 12.0. The summed E-state index contributed by atoms with van der Waals surface area (Å²) in [6.45, 7) is 4.20. The van der Waals surface area contributed by atoms with E-state index in [1.165, 1.54) is 4.88 Å². The molecule has 0 aromatic carbocycles. The van der Waals surface area contributed by atoms with E-state index < -0.39 is 11.5 Å². The molecule has 0 radical (unpaired) electrons. The maximum absolute atomic E-state index is 11.7. The Hall–Kier alpha value is -1.56. The quantitative estimate of drug-likeness (QED) is 0.718. The van der Waals surface area contributed by atoms with Gasteiger partial charge in [-0.2, -0.15) is 0 Å². The number of nitrogens with one attached hydrogen (secondary N) is 2. The third-order valence-electron chi connectivity index (χ3n) is 2.65. The van der Waals surface area contributed by atoms with Crippen LogP contribution in [-0.4, -0.2) is 29.2 Å². The van der Waals surface area contributed by atoms with Gasteiger partial charge in [-0.25, -0.2) is 4.79 Å². The summed E-state index contributed by atoms with van der Waals surface area (Å²) >= 11 is 1.66. The van der Waals surface area contributed by atoms with Gasteiger partial charge in [-0.15, -0.1) is 11.3 Å². The highest BCUT2D eigenvalue weighted by molar-refractivity contribution is 7.09. The van der Waals surface area contributed by atoms with Crippen molar-refractivity contribution in [2.75, 3.05) is 6.54 Å². The summed E-state index contributed by atoms with van der Waals surface area (Å²) in [5.74, 6) is -0.854. The SMILES string of the molecule is CC(C)(CCC(=O)O)NC(=O)NCCc1cccs1. The number of aliphatic carboxylic acids is 1. The van der Waals surface area contributed by atoms with Crippen LogP contribution in [0, 0.1) is 0 Å². The molecule has 1 heterocycles. The third-order valence-corrected chi connectivity index (χ3v) is 3.59. The minimum absolute atomic E-state index is 0.0441. The number of hydrogen-bond donors (Lipinski definition) is 3. The second-order valence-corrected chi connectivity index (χ2v) is 6.02. The number of rotatable bonds is 7. The van der Waals surface area contributed by atoms with Crippen molar-refractivity contribution in [3.8, 4) is 0 Å². The predicted octanol–water partition coefficient (Wildman–Crippen LogP) is 2.23. The first-order valence-electron chi connectivity index (χ1n) is 6.19. The largest absolute Gasteiger partial charge is 0.481 e. The van der Waals surface area contributed by atoms with Crippen LogP contribution in [0.4, 0.5) is 4.79 Å². The molecule has 5 nitrogen and oxygen atoms in total. The molecule has 0 atom stereocenters. The van der Waals surface area contributed by atoms with Crippen LogP contribution in [-0.2, 0) is 11.2 Å². The Labute approximate surface area is 117 Å². The van der Waals surface area contributed by atoms with Crippen molar-refractivity contribution in [3.63, 3.8) is 0 Å². The van der Waals surface area contributed by atoms with Crippen LogP contribution in [0.2, 0.25) is 0 Å². The molecule has 0 aliphatic rings. The first-order chi connectivity index (χ1) is 8.89. The number of thiophene rings is 1. The molecule has 19 heavy (non-hydrogen) atoms. The summed E-state index contributed by atoms with van der Waals surface area (Å²) in [6.07, 6.45) is 1.25. The monoisotopic (exact) mass is 284 g/mol. The number of carbonyl (C=O) groups is 2. The number of carbonyl (C=O) groups excluding carboxylic acids is 1. The average molecular weight is 284 g/mol. The Morgan fingerprint density at radius 2 is 2.16 bits per heavy atom. The number of urea groups is 1. The summed E-state index contributed by atoms with van der Waals surface area (Å²) in [5, 5.41) is 16.2. The van der Waals surface area contributed by atoms with E-state index in [2.05, 4.69) is 10.6 Å². The van der Waals surface area contributed by atoms with Crippen LogP contribution in [0.5, 0.6) is 0 Å². The molecule has 2 amide bonds. The Kier molecular flexibility index (Phi) is 5.82. The predicted molar refractivity (Wildman–Crippen MR) is 75.5 cm³/mol. The van der Waals surface area contributed by atoms with Gasteiger partial charge in [0.1, 0.15) is 0 Å². The van der Waals surface area contributed by atoms with Crippen LogP contribution < -0.4 is 10.6 Å². The van der Waals surface area contributed by atoms with Crippen molar-refractivity contribution in [3.05, 3.63) is 22.4 Å². The minimum atomic E-state index is -0.854. The summed E-state index contributed by atoms with van der Waals surface area (Å²) in [7, 11) is 0. The molecule has 0 aliphatic heterocycles. The van der Waals surface area contributed by atoms with Crippen molar-refractivity contribution in [2.45, 2.75) is 38.6 Å². The molecule has 0 fully saturated rings. The normalized spacial score (nSPS) is 11.1. The molecule has 0 spiro atoms. The first kappa shape index (κ1) is 15.5. The molecule has 1 rings (SSSR count). The highest BCUT2D eigenvalue weighted by atomic mass is 32.1. The molecule has 6 heteroatoms. The Morgan fingerprint density at radius 1 is 1.42 bits per heavy atom. The molecule has 106 valence electrons. The molecule has 3 N–H and O–H groups in total. The topological polar surface area (TPSA) is 78.4 Å². The van der Waals surface area contributed by atoms with Gasteiger partial charge in [-0.1, -0.05) is 6.07 Å². The number of carboxylic acids is 1. The zero-order chi connectivity index (χ0) is 14.3. The summed E-state index contributed by atoms with van der Waals surface area (Å²) in [4.78, 5) is 23.4. The van der Waals surface area contributed by atoms with E-state index in [0.717, 1.165) is 6.42 Å². The summed E-state index contributed by atoms with van der Waals surface area (Å²) < 4.78 is 0. The van der Waals surface area contributed by atoms with Crippen LogP contribution >= 0.6 is 11.3 Å². The van der Waals surface area contributed by atoms with Gasteiger partial charge in [0.25, 0.3) is 0 Å². The third kappa shape index (κ3) is 6.81. The smallest absolute Gasteiger partial charge is 0.315 e. The zero-order valence-electron chi connectivity index (χ0n) is 11.2.